The number of rotatable bonds is 8. The summed E-state index contributed by atoms with van der Waals surface area (Å²) in [5, 5.41) is 47.2. The van der Waals surface area contributed by atoms with Gasteiger partial charge in [-0.3, -0.25) is 9.59 Å². The number of esters is 2. The molecule has 7 atom stereocenters. The number of carbonyl (C=O) groups excluding carboxylic acids is 2. The lowest BCUT2D eigenvalue weighted by molar-refractivity contribution is -0.310. The third-order valence-corrected chi connectivity index (χ3v) is 3.46. The number of aliphatic hydroxyl groups is 5. The Morgan fingerprint density at radius 3 is 2.08 bits per heavy atom. The summed E-state index contributed by atoms with van der Waals surface area (Å²) in [6.45, 7) is 0.283. The molecule has 11 nitrogen and oxygen atoms in total. The van der Waals surface area contributed by atoms with Gasteiger partial charge in [0.05, 0.1) is 19.8 Å². The smallest absolute Gasteiger partial charge is 0.303 e. The number of carbonyl (C=O) groups is 2. The number of hydrogen-bond donors (Lipinski definition) is 5. The third kappa shape index (κ3) is 6.15. The molecule has 0 amide bonds. The quantitative estimate of drug-likeness (QED) is 0.271. The topological polar surface area (TPSA) is 172 Å². The largest absolute Gasteiger partial charge is 0.455 e. The molecule has 0 bridgehead atoms. The molecule has 0 radical (unpaired) electrons. The van der Waals surface area contributed by atoms with Crippen LogP contribution in [0, 0.1) is 0 Å². The summed E-state index contributed by atoms with van der Waals surface area (Å²) in [5.41, 5.74) is 0. The Morgan fingerprint density at radius 1 is 1.04 bits per heavy atom. The predicted octanol–water partition coefficient (Wildman–Crippen LogP) is -3.34. The van der Waals surface area contributed by atoms with E-state index in [9.17, 15) is 30.0 Å². The standard InChI is InChI=1S/C14H24O11/c1-6(17)23-12-11(21)10(4-16)25-14(13(12)24-7(2)18)22-5-9(20)8(19)3-15/h8-16,19-21H,3-5H2,1-2H3/t8-,9+,10+,11+,12-,13-,14+/m0/s1. The van der Waals surface area contributed by atoms with Crippen molar-refractivity contribution in [3.8, 4) is 0 Å². The van der Waals surface area contributed by atoms with Crippen molar-refractivity contribution in [1.82, 2.24) is 0 Å². The van der Waals surface area contributed by atoms with E-state index in [1.807, 2.05) is 0 Å². The van der Waals surface area contributed by atoms with Crippen LogP contribution in [0.5, 0.6) is 0 Å². The van der Waals surface area contributed by atoms with Crippen LogP contribution >= 0.6 is 0 Å². The van der Waals surface area contributed by atoms with E-state index in [1.165, 1.54) is 0 Å². The Balaban J connectivity index is 2.95. The second kappa shape index (κ2) is 9.97. The van der Waals surface area contributed by atoms with Crippen LogP contribution in [0.4, 0.5) is 0 Å². The highest BCUT2D eigenvalue weighted by Gasteiger charge is 2.49. The third-order valence-electron chi connectivity index (χ3n) is 3.46. The summed E-state index contributed by atoms with van der Waals surface area (Å²) >= 11 is 0. The molecule has 1 saturated heterocycles. The molecule has 0 spiro atoms. The van der Waals surface area contributed by atoms with Crippen LogP contribution < -0.4 is 0 Å². The van der Waals surface area contributed by atoms with Crippen molar-refractivity contribution in [3.05, 3.63) is 0 Å². The molecule has 0 saturated carbocycles. The highest BCUT2D eigenvalue weighted by Crippen LogP contribution is 2.27. The summed E-state index contributed by atoms with van der Waals surface area (Å²) in [5.74, 6) is -1.54. The molecule has 5 N–H and O–H groups in total. The number of ether oxygens (including phenoxy) is 4. The Labute approximate surface area is 143 Å². The van der Waals surface area contributed by atoms with Crippen LogP contribution in [0.1, 0.15) is 13.8 Å². The van der Waals surface area contributed by atoms with Gasteiger partial charge in [0.1, 0.15) is 24.4 Å². The Kier molecular flexibility index (Phi) is 8.65. The first kappa shape index (κ1) is 21.7. The zero-order valence-corrected chi connectivity index (χ0v) is 13.8. The molecule has 1 fully saturated rings. The van der Waals surface area contributed by atoms with Crippen LogP contribution in [0.15, 0.2) is 0 Å². The first-order chi connectivity index (χ1) is 11.7. The monoisotopic (exact) mass is 368 g/mol. The van der Waals surface area contributed by atoms with Gasteiger partial charge < -0.3 is 44.5 Å². The van der Waals surface area contributed by atoms with E-state index in [2.05, 4.69) is 0 Å². The Bertz CT molecular complexity index is 442. The lowest BCUT2D eigenvalue weighted by Gasteiger charge is -2.42. The van der Waals surface area contributed by atoms with E-state index < -0.39 is 74.7 Å². The average molecular weight is 368 g/mol. The predicted molar refractivity (Wildman–Crippen MR) is 77.9 cm³/mol. The fourth-order valence-electron chi connectivity index (χ4n) is 2.24. The summed E-state index contributed by atoms with van der Waals surface area (Å²) < 4.78 is 20.5. The minimum atomic E-state index is -1.49. The van der Waals surface area contributed by atoms with E-state index in [-0.39, 0.29) is 0 Å². The second-order valence-corrected chi connectivity index (χ2v) is 5.51. The van der Waals surface area contributed by atoms with E-state index in [4.69, 9.17) is 24.1 Å². The lowest BCUT2D eigenvalue weighted by Crippen LogP contribution is -2.62. The SMILES string of the molecule is CC(=O)O[C@@H]1[C@H](OC[C@@H](O)[C@@H](O)CO)O[C@H](CO)[C@@H](O)[C@@H]1OC(C)=O. The van der Waals surface area contributed by atoms with E-state index in [0.717, 1.165) is 13.8 Å². The molecule has 146 valence electrons. The molecule has 11 heteroatoms. The molecule has 0 aliphatic carbocycles. The molecule has 1 heterocycles. The van der Waals surface area contributed by atoms with Gasteiger partial charge in [-0.05, 0) is 0 Å². The molecule has 25 heavy (non-hydrogen) atoms. The summed E-state index contributed by atoms with van der Waals surface area (Å²) in [4.78, 5) is 22.6. The molecular weight excluding hydrogens is 344 g/mol. The molecule has 0 aromatic heterocycles. The summed E-state index contributed by atoms with van der Waals surface area (Å²) in [6.07, 6.45) is -9.81. The molecule has 0 unspecified atom stereocenters. The highest BCUT2D eigenvalue weighted by atomic mass is 16.7. The van der Waals surface area contributed by atoms with Gasteiger partial charge in [-0.15, -0.1) is 0 Å². The zero-order valence-electron chi connectivity index (χ0n) is 13.8. The van der Waals surface area contributed by atoms with Gasteiger partial charge in [-0.1, -0.05) is 0 Å². The van der Waals surface area contributed by atoms with Crippen molar-refractivity contribution in [2.45, 2.75) is 56.8 Å². The number of hydrogen-bond acceptors (Lipinski definition) is 11. The van der Waals surface area contributed by atoms with Crippen molar-refractivity contribution in [3.63, 3.8) is 0 Å². The Hall–Kier alpha value is -1.34. The average Bonchev–Trinajstić information content (AvgIpc) is 2.55. The van der Waals surface area contributed by atoms with Crippen LogP contribution in [0.25, 0.3) is 0 Å². The fourth-order valence-corrected chi connectivity index (χ4v) is 2.24. The second-order valence-electron chi connectivity index (χ2n) is 5.51. The van der Waals surface area contributed by atoms with Gasteiger partial charge in [0.15, 0.2) is 18.5 Å². The van der Waals surface area contributed by atoms with Gasteiger partial charge in [0, 0.05) is 13.8 Å². The number of aliphatic hydroxyl groups excluding tert-OH is 5. The van der Waals surface area contributed by atoms with Gasteiger partial charge in [0.2, 0.25) is 0 Å². The summed E-state index contributed by atoms with van der Waals surface area (Å²) in [7, 11) is 0. The zero-order chi connectivity index (χ0) is 19.1. The molecular formula is C14H24O11. The lowest BCUT2D eigenvalue weighted by atomic mass is 9.98. The first-order valence-corrected chi connectivity index (χ1v) is 7.58. The van der Waals surface area contributed by atoms with E-state index >= 15 is 0 Å². The van der Waals surface area contributed by atoms with Gasteiger partial charge in [0.25, 0.3) is 0 Å². The van der Waals surface area contributed by atoms with Crippen molar-refractivity contribution in [2.75, 3.05) is 19.8 Å². The van der Waals surface area contributed by atoms with Crippen molar-refractivity contribution < 1.29 is 54.1 Å². The van der Waals surface area contributed by atoms with E-state index in [1.54, 1.807) is 0 Å². The minimum absolute atomic E-state index is 0.523. The Morgan fingerprint density at radius 2 is 1.60 bits per heavy atom. The molecule has 1 aliphatic rings. The van der Waals surface area contributed by atoms with Crippen LogP contribution in [-0.4, -0.2) is 100 Å². The normalized spacial score (nSPS) is 31.9. The van der Waals surface area contributed by atoms with Crippen molar-refractivity contribution >= 4 is 11.9 Å². The first-order valence-electron chi connectivity index (χ1n) is 7.58. The van der Waals surface area contributed by atoms with Crippen molar-refractivity contribution in [2.24, 2.45) is 0 Å². The van der Waals surface area contributed by atoms with Gasteiger partial charge in [-0.2, -0.15) is 0 Å². The van der Waals surface area contributed by atoms with Crippen LogP contribution in [0.3, 0.4) is 0 Å². The molecule has 1 aliphatic heterocycles. The minimum Gasteiger partial charge on any atom is -0.455 e. The highest BCUT2D eigenvalue weighted by molar-refractivity contribution is 5.67. The van der Waals surface area contributed by atoms with Crippen LogP contribution in [-0.2, 0) is 28.5 Å². The van der Waals surface area contributed by atoms with Gasteiger partial charge in [-0.25, -0.2) is 0 Å². The maximum absolute atomic E-state index is 11.3. The van der Waals surface area contributed by atoms with Crippen molar-refractivity contribution in [1.29, 1.82) is 0 Å². The maximum Gasteiger partial charge on any atom is 0.303 e. The summed E-state index contributed by atoms with van der Waals surface area (Å²) in [6, 6.07) is 0. The fraction of sp³-hybridized carbons (Fsp3) is 0.857. The molecule has 0 aromatic carbocycles. The maximum atomic E-state index is 11.3. The van der Waals surface area contributed by atoms with Crippen LogP contribution in [0.2, 0.25) is 0 Å². The van der Waals surface area contributed by atoms with E-state index in [0.29, 0.717) is 0 Å². The van der Waals surface area contributed by atoms with Gasteiger partial charge >= 0.3 is 11.9 Å². The molecule has 1 rings (SSSR count). The molecule has 0 aromatic rings.